The third-order valence-corrected chi connectivity index (χ3v) is 12.3. The van der Waals surface area contributed by atoms with Gasteiger partial charge in [0.05, 0.1) is 22.3 Å². The van der Waals surface area contributed by atoms with Gasteiger partial charge in [0.1, 0.15) is 11.6 Å². The monoisotopic (exact) mass is 1040 g/mol. The minimum absolute atomic E-state index is 0. The van der Waals surface area contributed by atoms with E-state index in [1.807, 2.05) is 85.1 Å². The van der Waals surface area contributed by atoms with E-state index in [2.05, 4.69) is 135 Å². The summed E-state index contributed by atoms with van der Waals surface area (Å²) in [5.74, 6) is 0.922. The van der Waals surface area contributed by atoms with Crippen LogP contribution in [-0.2, 0) is 21.1 Å². The smallest absolute Gasteiger partial charge is 0.148 e. The Morgan fingerprint density at radius 2 is 1.15 bits per heavy atom. The molecule has 2 aromatic heterocycles. The van der Waals surface area contributed by atoms with Gasteiger partial charge in [0.2, 0.25) is 0 Å². The van der Waals surface area contributed by atoms with E-state index in [-0.39, 0.29) is 44.2 Å². The van der Waals surface area contributed by atoms with Crippen LogP contribution >= 0.6 is 0 Å². The van der Waals surface area contributed by atoms with Crippen LogP contribution < -0.4 is 0 Å². The second kappa shape index (κ2) is 18.8. The zero-order valence-electron chi connectivity index (χ0n) is 40.2. The van der Waals surface area contributed by atoms with Crippen LogP contribution in [0.25, 0.3) is 95.0 Å². The Morgan fingerprint density at radius 1 is 0.530 bits per heavy atom. The zero-order chi connectivity index (χ0) is 47.1. The first-order valence-electron chi connectivity index (χ1n) is 23.8. The Balaban J connectivity index is 0.00000593. The maximum atomic E-state index is 12.3. The normalized spacial score (nSPS) is 12.2. The molecule has 4 nitrogen and oxygen atoms in total. The summed E-state index contributed by atoms with van der Waals surface area (Å²) in [6.07, 6.45) is 1.86. The molecule has 5 heteroatoms. The fraction of sp³-hybridized carbons (Fsp3) is 0.115. The number of imidazole rings is 1. The molecule has 0 radical (unpaired) electrons. The molecule has 0 amide bonds. The van der Waals surface area contributed by atoms with E-state index in [1.165, 1.54) is 5.56 Å². The number of fused-ring (bicyclic) bond motifs is 1. The molecule has 0 unspecified atom stereocenters. The standard InChI is InChI=1S/C61H50N3O.Pt/c1-39(2)48-36-53(40(3)4)60(65)55(37-48)61-63-59-52(22-15-23-58(59)64(61)57-29-24-41(5)32-54(57)46-20-13-8-14-21-46)50-33-49(43-18-11-7-12-19-43)34-51(35-50)56-38-47(30-31-62-56)45-27-25-44(26-28-45)42-16-9-6-10-17-42;/h6-34,36-40,65H,1-5H3;/q-1;/i5D3;. The summed E-state index contributed by atoms with van der Waals surface area (Å²) in [5.41, 5.74) is 16.4. The van der Waals surface area contributed by atoms with E-state index in [1.54, 1.807) is 12.1 Å². The van der Waals surface area contributed by atoms with Crippen LogP contribution in [0.1, 0.15) is 60.3 Å². The van der Waals surface area contributed by atoms with E-state index in [0.29, 0.717) is 16.9 Å². The fourth-order valence-electron chi connectivity index (χ4n) is 8.84. The minimum atomic E-state index is -2.33. The molecule has 0 saturated carbocycles. The summed E-state index contributed by atoms with van der Waals surface area (Å²) >= 11 is 0. The molecular formula is C61H50N3OPt-. The molecule has 326 valence electrons. The number of hydrogen-bond donors (Lipinski definition) is 1. The first kappa shape index (κ1) is 40.4. The predicted molar refractivity (Wildman–Crippen MR) is 270 cm³/mol. The number of phenols is 1. The summed E-state index contributed by atoms with van der Waals surface area (Å²) in [7, 11) is 0. The summed E-state index contributed by atoms with van der Waals surface area (Å²) in [5, 5.41) is 12.3. The minimum Gasteiger partial charge on any atom is -0.507 e. The van der Waals surface area contributed by atoms with Gasteiger partial charge in [-0.2, -0.15) is 0 Å². The molecule has 8 aromatic carbocycles. The van der Waals surface area contributed by atoms with E-state index in [0.717, 1.165) is 83.7 Å². The molecule has 0 aliphatic rings. The van der Waals surface area contributed by atoms with Crippen molar-refractivity contribution in [2.24, 2.45) is 0 Å². The van der Waals surface area contributed by atoms with Gasteiger partial charge in [-0.05, 0) is 93.5 Å². The van der Waals surface area contributed by atoms with Crippen LogP contribution in [0.4, 0.5) is 0 Å². The predicted octanol–water partition coefficient (Wildman–Crippen LogP) is 16.1. The Labute approximate surface area is 406 Å². The number of pyridine rings is 1. The van der Waals surface area contributed by atoms with Crippen LogP contribution in [0.3, 0.4) is 0 Å². The van der Waals surface area contributed by atoms with E-state index >= 15 is 0 Å². The van der Waals surface area contributed by atoms with Crippen LogP contribution in [0.5, 0.6) is 5.75 Å². The molecule has 10 aromatic rings. The molecule has 10 rings (SSSR count). The molecule has 2 heterocycles. The number of phenolic OH excluding ortho intramolecular Hbond substituents is 1. The first-order valence-corrected chi connectivity index (χ1v) is 22.3. The maximum Gasteiger partial charge on any atom is 0.148 e. The van der Waals surface area contributed by atoms with Crippen molar-refractivity contribution in [2.45, 2.75) is 46.4 Å². The van der Waals surface area contributed by atoms with Crippen molar-refractivity contribution in [1.82, 2.24) is 14.5 Å². The number of aryl methyl sites for hydroxylation is 1. The Morgan fingerprint density at radius 3 is 1.80 bits per heavy atom. The van der Waals surface area contributed by atoms with Crippen LogP contribution in [-0.4, -0.2) is 19.6 Å². The van der Waals surface area contributed by atoms with Crippen LogP contribution in [0.2, 0.25) is 0 Å². The number of para-hydroxylation sites is 1. The van der Waals surface area contributed by atoms with E-state index < -0.39 is 6.85 Å². The van der Waals surface area contributed by atoms with Gasteiger partial charge in [-0.25, -0.2) is 4.98 Å². The van der Waals surface area contributed by atoms with Gasteiger partial charge in [-0.3, -0.25) is 9.55 Å². The van der Waals surface area contributed by atoms with Crippen molar-refractivity contribution < 1.29 is 30.3 Å². The van der Waals surface area contributed by atoms with E-state index in [9.17, 15) is 5.11 Å². The van der Waals surface area contributed by atoms with Crippen molar-refractivity contribution in [3.8, 4) is 89.7 Å². The van der Waals surface area contributed by atoms with Crippen molar-refractivity contribution in [2.75, 3.05) is 0 Å². The number of aromatic nitrogens is 3. The molecule has 0 atom stereocenters. The second-order valence-corrected chi connectivity index (χ2v) is 17.3. The molecule has 0 saturated heterocycles. The fourth-order valence-corrected chi connectivity index (χ4v) is 8.84. The molecule has 0 aliphatic heterocycles. The molecule has 66 heavy (non-hydrogen) atoms. The Bertz CT molecular complexity index is 3440. The van der Waals surface area contributed by atoms with Gasteiger partial charge in [-0.15, -0.1) is 23.8 Å². The third kappa shape index (κ3) is 8.58. The second-order valence-electron chi connectivity index (χ2n) is 17.3. The Kier molecular flexibility index (Phi) is 11.5. The molecule has 0 spiro atoms. The van der Waals surface area contributed by atoms with Gasteiger partial charge < -0.3 is 5.11 Å². The number of rotatable bonds is 10. The topological polar surface area (TPSA) is 50.9 Å². The summed E-state index contributed by atoms with van der Waals surface area (Å²) in [4.78, 5) is 10.5. The summed E-state index contributed by atoms with van der Waals surface area (Å²) in [6, 6.07) is 67.1. The Hall–Kier alpha value is -7.13. The van der Waals surface area contributed by atoms with Gasteiger partial charge in [0.25, 0.3) is 0 Å². The molecule has 0 bridgehead atoms. The van der Waals surface area contributed by atoms with E-state index in [4.69, 9.17) is 14.1 Å². The molecule has 1 N–H and O–H groups in total. The van der Waals surface area contributed by atoms with Gasteiger partial charge in [-0.1, -0.05) is 196 Å². The average Bonchev–Trinajstić information content (AvgIpc) is 3.76. The number of aromatic hydroxyl groups is 1. The van der Waals surface area contributed by atoms with Crippen molar-refractivity contribution in [3.05, 3.63) is 217 Å². The summed E-state index contributed by atoms with van der Waals surface area (Å²) in [6.45, 7) is 6.15. The van der Waals surface area contributed by atoms with Crippen LogP contribution in [0.15, 0.2) is 194 Å². The van der Waals surface area contributed by atoms with Crippen molar-refractivity contribution >= 4 is 11.0 Å². The van der Waals surface area contributed by atoms with Gasteiger partial charge in [0, 0.05) is 42.6 Å². The van der Waals surface area contributed by atoms with Gasteiger partial charge in [0.15, 0.2) is 0 Å². The molecule has 0 aliphatic carbocycles. The maximum absolute atomic E-state index is 12.3. The third-order valence-electron chi connectivity index (χ3n) is 12.3. The quantitative estimate of drug-likeness (QED) is 0.139. The van der Waals surface area contributed by atoms with Crippen LogP contribution in [0, 0.1) is 12.9 Å². The summed E-state index contributed by atoms with van der Waals surface area (Å²) < 4.78 is 27.3. The first-order chi connectivity index (χ1) is 32.9. The number of nitrogens with zero attached hydrogens (tertiary/aromatic N) is 3. The van der Waals surface area contributed by atoms with Crippen molar-refractivity contribution in [1.29, 1.82) is 0 Å². The molecule has 0 fully saturated rings. The number of hydrogen-bond acceptors (Lipinski definition) is 3. The SMILES string of the molecule is [2H]C([2H])([2H])c1ccc(-n2c(-c3cc(C(C)C)cc(C(C)C)c3O)nc3c(-c4[c-]c(-c5cc(-c6ccc(-c7ccccc7)cc6)ccn5)cc(-c5ccccc5)c4)cccc32)c(-c2ccccc2)c1.[Pt]. The largest absolute Gasteiger partial charge is 0.507 e. The van der Waals surface area contributed by atoms with Gasteiger partial charge >= 0.3 is 0 Å². The van der Waals surface area contributed by atoms with Crippen molar-refractivity contribution in [3.63, 3.8) is 0 Å². The number of benzene rings is 8. The molecular weight excluding hydrogens is 986 g/mol. The average molecular weight is 1040 g/mol. The zero-order valence-corrected chi connectivity index (χ0v) is 39.5.